The quantitative estimate of drug-likeness (QED) is 0.0358. The van der Waals surface area contributed by atoms with Crippen LogP contribution in [-0.2, 0) is 19.2 Å². The van der Waals surface area contributed by atoms with Crippen molar-refractivity contribution < 1.29 is 55.9 Å². The number of imide groups is 2. The number of carbonyl (C=O) groups is 4. The topological polar surface area (TPSA) is 147 Å². The molecule has 2 aliphatic heterocycles. The van der Waals surface area contributed by atoms with E-state index >= 15 is 8.78 Å². The predicted molar refractivity (Wildman–Crippen MR) is 179 cm³/mol. The third-order valence-corrected chi connectivity index (χ3v) is 12.4. The zero-order chi connectivity index (χ0) is 37.9. The van der Waals surface area contributed by atoms with Crippen LogP contribution in [0.3, 0.4) is 0 Å². The number of allylic oxidation sites excluding steroid dienone is 2. The number of fused-ring (bicyclic) bond motifs is 4. The van der Waals surface area contributed by atoms with E-state index in [1.807, 2.05) is 0 Å². The fourth-order valence-electron chi connectivity index (χ4n) is 7.86. The lowest BCUT2D eigenvalue weighted by Crippen LogP contribution is -2.60. The number of hydrogen-bond donors (Lipinski definition) is 1. The van der Waals surface area contributed by atoms with E-state index in [1.165, 1.54) is 37.5 Å². The number of nitrogens with zero attached hydrogens (tertiary/aromatic N) is 3. The Labute approximate surface area is 312 Å². The second kappa shape index (κ2) is 12.1. The molecule has 4 amide bonds. The molecular weight excluding hydrogens is 859 g/mol. The van der Waals surface area contributed by atoms with Gasteiger partial charge < -0.3 is 9.84 Å². The zero-order valence-electron chi connectivity index (χ0n) is 25.9. The molecule has 270 valence electrons. The molecule has 0 bridgehead atoms. The number of alkyl halides is 2. The third-order valence-electron chi connectivity index (χ3n) is 10.1. The summed E-state index contributed by atoms with van der Waals surface area (Å²) in [7, 11) is 1.20. The van der Waals surface area contributed by atoms with E-state index in [1.54, 1.807) is 22.6 Å². The molecule has 2 saturated heterocycles. The Kier molecular flexibility index (Phi) is 8.37. The van der Waals surface area contributed by atoms with Gasteiger partial charge in [0.15, 0.2) is 44.5 Å². The van der Waals surface area contributed by atoms with Gasteiger partial charge in [0.25, 0.3) is 17.5 Å². The van der Waals surface area contributed by atoms with E-state index in [9.17, 15) is 47.6 Å². The maximum Gasteiger partial charge on any atom is 0.271 e. The van der Waals surface area contributed by atoms with Gasteiger partial charge >= 0.3 is 0 Å². The van der Waals surface area contributed by atoms with Crippen LogP contribution in [-0.4, -0.2) is 50.5 Å². The first-order valence-corrected chi connectivity index (χ1v) is 16.9. The smallest absolute Gasteiger partial charge is 0.271 e. The minimum atomic E-state index is -2.78. The van der Waals surface area contributed by atoms with E-state index in [-0.39, 0.29) is 43.2 Å². The summed E-state index contributed by atoms with van der Waals surface area (Å²) in [6.45, 7) is 0. The number of phenols is 1. The number of ether oxygens (including phenoxy) is 1. The fourth-order valence-corrected chi connectivity index (χ4v) is 9.42. The Hall–Kier alpha value is -4.36. The van der Waals surface area contributed by atoms with Gasteiger partial charge in [-0.3, -0.25) is 29.3 Å². The second-order valence-corrected chi connectivity index (χ2v) is 14.9. The van der Waals surface area contributed by atoms with Crippen LogP contribution in [0.1, 0.15) is 24.3 Å². The number of nitro benzene ring substituents is 1. The zero-order valence-corrected chi connectivity index (χ0v) is 29.6. The van der Waals surface area contributed by atoms with Crippen LogP contribution >= 0.6 is 45.8 Å². The molecule has 0 radical (unpaired) electrons. The van der Waals surface area contributed by atoms with Crippen molar-refractivity contribution in [3.8, 4) is 11.5 Å². The highest BCUT2D eigenvalue weighted by atomic mass is 127. The lowest BCUT2D eigenvalue weighted by Gasteiger charge is -2.50. The number of hydrogen-bond acceptors (Lipinski definition) is 8. The number of carbonyl (C=O) groups excluding carboxylic acids is 4. The molecule has 52 heavy (non-hydrogen) atoms. The summed E-state index contributed by atoms with van der Waals surface area (Å²) in [6, 6.07) is 7.30. The number of halogens is 8. The Morgan fingerprint density at radius 3 is 2.17 bits per heavy atom. The SMILES string of the molecule is COc1cc([C@H]2C3=CC[C@@H]4C(=O)N(c5cccc([N+](=O)[O-])c5)C(=O)[C@@H]4[C@@H]3C[C@@]3(Cl)C(=O)N(c4c(F)c(F)c(F)c(F)c4F)C(=O)[C@@]23Cl)cc(I)c1O. The molecule has 0 spiro atoms. The summed E-state index contributed by atoms with van der Waals surface area (Å²) in [5.74, 6) is -23.2. The highest BCUT2D eigenvalue weighted by Gasteiger charge is 2.77. The van der Waals surface area contributed by atoms with Gasteiger partial charge in [0.2, 0.25) is 17.6 Å². The van der Waals surface area contributed by atoms with Crippen LogP contribution in [0.25, 0.3) is 0 Å². The first-order chi connectivity index (χ1) is 24.4. The van der Waals surface area contributed by atoms with Crippen molar-refractivity contribution in [2.75, 3.05) is 16.9 Å². The van der Waals surface area contributed by atoms with Gasteiger partial charge in [0, 0.05) is 18.1 Å². The molecule has 4 aliphatic rings. The Morgan fingerprint density at radius 2 is 1.56 bits per heavy atom. The number of rotatable bonds is 5. The normalized spacial score (nSPS) is 28.1. The van der Waals surface area contributed by atoms with Gasteiger partial charge in [0.05, 0.1) is 33.1 Å². The summed E-state index contributed by atoms with van der Waals surface area (Å²) in [6.07, 6.45) is 0.595. The predicted octanol–water partition coefficient (Wildman–Crippen LogP) is 6.38. The van der Waals surface area contributed by atoms with Gasteiger partial charge in [0.1, 0.15) is 5.69 Å². The number of nitro groups is 1. The summed E-state index contributed by atoms with van der Waals surface area (Å²) in [5, 5.41) is 22.1. The summed E-state index contributed by atoms with van der Waals surface area (Å²) in [4.78, 5) is 62.5. The van der Waals surface area contributed by atoms with Crippen molar-refractivity contribution in [3.05, 3.63) is 96.4 Å². The van der Waals surface area contributed by atoms with E-state index < -0.39 is 109 Å². The Bertz CT molecular complexity index is 2220. The van der Waals surface area contributed by atoms with Crippen LogP contribution in [0.5, 0.6) is 11.5 Å². The highest BCUT2D eigenvalue weighted by molar-refractivity contribution is 14.1. The number of methoxy groups -OCH3 is 1. The van der Waals surface area contributed by atoms with Crippen LogP contribution in [0.2, 0.25) is 0 Å². The van der Waals surface area contributed by atoms with Gasteiger partial charge in [-0.1, -0.05) is 17.7 Å². The molecule has 3 fully saturated rings. The molecule has 7 rings (SSSR count). The number of aromatic hydroxyl groups is 1. The first-order valence-electron chi connectivity index (χ1n) is 15.1. The lowest BCUT2D eigenvalue weighted by atomic mass is 9.56. The van der Waals surface area contributed by atoms with Crippen molar-refractivity contribution >= 4 is 86.5 Å². The molecule has 1 N–H and O–H groups in total. The van der Waals surface area contributed by atoms with Crippen molar-refractivity contribution in [1.29, 1.82) is 0 Å². The third kappa shape index (κ3) is 4.60. The largest absolute Gasteiger partial charge is 0.504 e. The van der Waals surface area contributed by atoms with Gasteiger partial charge in [-0.15, -0.1) is 23.2 Å². The van der Waals surface area contributed by atoms with Crippen LogP contribution in [0.4, 0.5) is 39.0 Å². The van der Waals surface area contributed by atoms with E-state index in [0.717, 1.165) is 17.0 Å². The molecule has 11 nitrogen and oxygen atoms in total. The molecular formula is C33H19Cl2F5IN3O8. The minimum Gasteiger partial charge on any atom is -0.504 e. The number of non-ortho nitro benzene ring substituents is 1. The molecule has 2 aliphatic carbocycles. The summed E-state index contributed by atoms with van der Waals surface area (Å²) in [5.41, 5.74) is -2.27. The van der Waals surface area contributed by atoms with Crippen LogP contribution in [0, 0.1) is 60.5 Å². The average molecular weight is 878 g/mol. The fraction of sp³-hybridized carbons (Fsp3) is 0.273. The number of amides is 4. The Balaban J connectivity index is 1.44. The Morgan fingerprint density at radius 1 is 0.923 bits per heavy atom. The van der Waals surface area contributed by atoms with E-state index in [4.69, 9.17) is 27.9 Å². The molecule has 3 aromatic rings. The van der Waals surface area contributed by atoms with Crippen molar-refractivity contribution in [2.45, 2.75) is 28.5 Å². The van der Waals surface area contributed by atoms with Gasteiger partial charge in [-0.2, -0.15) is 0 Å². The summed E-state index contributed by atoms with van der Waals surface area (Å²) < 4.78 is 78.9. The number of anilines is 2. The molecule has 3 aromatic carbocycles. The standard InChI is InChI=1S/C33H19Cl2F5IN3O8/c1-52-18-8-11(7-17(41)27(18)45)20-14-5-6-15-19(29(47)42(28(15)46)12-3-2-4-13(9-12)44(50)51)16(14)10-32(34)30(48)43(31(49)33(20,32)35)26-24(39)22(37)21(36)23(38)25(26)40/h2-5,7-9,15-16,19-20,45H,6,10H2,1H3/t15-,16+,19-,20-,32+,33-/m0/s1. The maximum absolute atomic E-state index is 15.3. The van der Waals surface area contributed by atoms with Crippen LogP contribution in [0.15, 0.2) is 48.0 Å². The second-order valence-electron chi connectivity index (χ2n) is 12.5. The molecule has 19 heteroatoms. The summed E-state index contributed by atoms with van der Waals surface area (Å²) >= 11 is 16.0. The first kappa shape index (κ1) is 36.0. The monoisotopic (exact) mass is 877 g/mol. The van der Waals surface area contributed by atoms with Crippen molar-refractivity contribution in [2.24, 2.45) is 17.8 Å². The average Bonchev–Trinajstić information content (AvgIpc) is 3.45. The van der Waals surface area contributed by atoms with Gasteiger partial charge in [-0.25, -0.2) is 31.8 Å². The molecule has 6 atom stereocenters. The molecule has 0 unspecified atom stereocenters. The lowest BCUT2D eigenvalue weighted by molar-refractivity contribution is -0.384. The molecule has 0 aromatic heterocycles. The molecule has 1 saturated carbocycles. The highest BCUT2D eigenvalue weighted by Crippen LogP contribution is 2.66. The van der Waals surface area contributed by atoms with E-state index in [2.05, 4.69) is 0 Å². The maximum atomic E-state index is 15.3. The van der Waals surface area contributed by atoms with Crippen LogP contribution < -0.4 is 14.5 Å². The molecule has 2 heterocycles. The minimum absolute atomic E-state index is 0.0289. The van der Waals surface area contributed by atoms with Crippen molar-refractivity contribution in [1.82, 2.24) is 0 Å². The van der Waals surface area contributed by atoms with Gasteiger partial charge in [-0.05, 0) is 65.1 Å². The van der Waals surface area contributed by atoms with Crippen molar-refractivity contribution in [3.63, 3.8) is 0 Å². The number of phenolic OH excluding ortho intramolecular Hbond substituents is 1. The van der Waals surface area contributed by atoms with E-state index in [0.29, 0.717) is 0 Å². The number of benzene rings is 3.